The Labute approximate surface area is 362 Å². The fraction of sp³-hybridized carbons (Fsp3) is 0.868. The van der Waals surface area contributed by atoms with Gasteiger partial charge in [0.25, 0.3) is 0 Å². The summed E-state index contributed by atoms with van der Waals surface area (Å²) in [5.41, 5.74) is 0. The predicted octanol–water partition coefficient (Wildman–Crippen LogP) is 15.5. The van der Waals surface area contributed by atoms with Crippen molar-refractivity contribution in [3.63, 3.8) is 0 Å². The van der Waals surface area contributed by atoms with Crippen molar-refractivity contribution in [2.45, 2.75) is 289 Å². The monoisotopic (exact) mass is 816 g/mol. The molecule has 0 bridgehead atoms. The molecule has 3 unspecified atom stereocenters. The van der Waals surface area contributed by atoms with E-state index in [0.717, 1.165) is 51.4 Å². The van der Waals surface area contributed by atoms with Gasteiger partial charge < -0.3 is 20.6 Å². The maximum Gasteiger partial charge on any atom is 0.220 e. The molecule has 0 saturated carbocycles. The summed E-state index contributed by atoms with van der Waals surface area (Å²) < 4.78 is 0. The first-order valence-electron chi connectivity index (χ1n) is 25.8. The Balaban J connectivity index is 3.59. The molecule has 0 aromatic carbocycles. The Morgan fingerprint density at radius 3 is 1.19 bits per heavy atom. The van der Waals surface area contributed by atoms with Gasteiger partial charge in [-0.1, -0.05) is 237 Å². The molecule has 4 N–H and O–H groups in total. The molecular formula is C53H101NO4. The van der Waals surface area contributed by atoms with Crippen LogP contribution in [0.15, 0.2) is 36.5 Å². The number of allylic oxidation sites excluding steroid dienone is 6. The molecule has 5 heteroatoms. The summed E-state index contributed by atoms with van der Waals surface area (Å²) in [6.45, 7) is 4.09. The van der Waals surface area contributed by atoms with E-state index in [2.05, 4.69) is 55.6 Å². The number of hydrogen-bond acceptors (Lipinski definition) is 4. The van der Waals surface area contributed by atoms with Crippen LogP contribution in [-0.2, 0) is 4.79 Å². The van der Waals surface area contributed by atoms with E-state index in [9.17, 15) is 20.1 Å². The van der Waals surface area contributed by atoms with Crippen molar-refractivity contribution >= 4 is 5.91 Å². The molecule has 0 radical (unpaired) electrons. The summed E-state index contributed by atoms with van der Waals surface area (Å²) in [5, 5.41) is 33.7. The largest absolute Gasteiger partial charge is 0.394 e. The van der Waals surface area contributed by atoms with Gasteiger partial charge in [0.05, 0.1) is 18.8 Å². The minimum atomic E-state index is -1.16. The van der Waals surface area contributed by atoms with Gasteiger partial charge in [0.15, 0.2) is 0 Å². The predicted molar refractivity (Wildman–Crippen MR) is 254 cm³/mol. The Morgan fingerprint density at radius 2 is 0.793 bits per heavy atom. The van der Waals surface area contributed by atoms with Crippen LogP contribution in [0, 0.1) is 0 Å². The second-order valence-electron chi connectivity index (χ2n) is 17.7. The molecule has 0 aromatic heterocycles. The number of nitrogens with one attached hydrogen (secondary N) is 1. The van der Waals surface area contributed by atoms with E-state index < -0.39 is 18.2 Å². The first-order chi connectivity index (χ1) is 28.6. The molecule has 3 atom stereocenters. The van der Waals surface area contributed by atoms with E-state index in [1.54, 1.807) is 0 Å². The number of amides is 1. The molecule has 1 amide bonds. The quantitative estimate of drug-likeness (QED) is 0.0364. The molecule has 342 valence electrons. The number of unbranched alkanes of at least 4 members (excludes halogenated alkanes) is 33. The zero-order chi connectivity index (χ0) is 42.3. The summed E-state index contributed by atoms with van der Waals surface area (Å²) in [7, 11) is 0. The van der Waals surface area contributed by atoms with Crippen LogP contribution in [0.4, 0.5) is 0 Å². The van der Waals surface area contributed by atoms with Crippen LogP contribution >= 0.6 is 0 Å². The average Bonchev–Trinajstić information content (AvgIpc) is 3.23. The Bertz CT molecular complexity index is 901. The molecule has 5 nitrogen and oxygen atoms in total. The zero-order valence-corrected chi connectivity index (χ0v) is 38.9. The zero-order valence-electron chi connectivity index (χ0n) is 38.9. The van der Waals surface area contributed by atoms with Crippen LogP contribution in [-0.4, -0.2) is 46.1 Å². The van der Waals surface area contributed by atoms with E-state index in [-0.39, 0.29) is 12.5 Å². The van der Waals surface area contributed by atoms with Crippen molar-refractivity contribution in [3.05, 3.63) is 36.5 Å². The Morgan fingerprint density at radius 1 is 0.448 bits per heavy atom. The molecule has 0 aliphatic rings. The lowest BCUT2D eigenvalue weighted by Gasteiger charge is -2.26. The second kappa shape index (κ2) is 48.2. The van der Waals surface area contributed by atoms with Gasteiger partial charge >= 0.3 is 0 Å². The van der Waals surface area contributed by atoms with Crippen LogP contribution in [0.25, 0.3) is 0 Å². The lowest BCUT2D eigenvalue weighted by atomic mass is 10.0. The van der Waals surface area contributed by atoms with Crippen LogP contribution in [0.3, 0.4) is 0 Å². The SMILES string of the molecule is CC/C=C\C/C=C\CCCCCCCCCCCCCCCCC(=O)NC(CO)C(O)C(O)CCC/C=C/CCCCCCCCCCCCCCCCCCCC. The smallest absolute Gasteiger partial charge is 0.220 e. The lowest BCUT2D eigenvalue weighted by molar-refractivity contribution is -0.124. The van der Waals surface area contributed by atoms with Crippen LogP contribution in [0.5, 0.6) is 0 Å². The van der Waals surface area contributed by atoms with Crippen molar-refractivity contribution in [1.29, 1.82) is 0 Å². The van der Waals surface area contributed by atoms with E-state index in [1.165, 1.54) is 193 Å². The van der Waals surface area contributed by atoms with Gasteiger partial charge in [-0.25, -0.2) is 0 Å². The van der Waals surface area contributed by atoms with Gasteiger partial charge in [0.1, 0.15) is 6.10 Å². The van der Waals surface area contributed by atoms with Crippen molar-refractivity contribution in [2.24, 2.45) is 0 Å². The highest BCUT2D eigenvalue weighted by Crippen LogP contribution is 2.17. The average molecular weight is 816 g/mol. The van der Waals surface area contributed by atoms with Crippen LogP contribution in [0.2, 0.25) is 0 Å². The van der Waals surface area contributed by atoms with E-state index in [0.29, 0.717) is 12.8 Å². The van der Waals surface area contributed by atoms with Gasteiger partial charge in [-0.15, -0.1) is 0 Å². The van der Waals surface area contributed by atoms with Crippen LogP contribution < -0.4 is 5.32 Å². The third-order valence-electron chi connectivity index (χ3n) is 12.0. The topological polar surface area (TPSA) is 89.8 Å². The molecule has 0 aliphatic carbocycles. The molecule has 0 heterocycles. The van der Waals surface area contributed by atoms with E-state index >= 15 is 0 Å². The normalized spacial score (nSPS) is 13.7. The molecular weight excluding hydrogens is 715 g/mol. The molecule has 0 aliphatic heterocycles. The number of carbonyl (C=O) groups excluding carboxylic acids is 1. The number of rotatable bonds is 47. The van der Waals surface area contributed by atoms with Gasteiger partial charge in [0.2, 0.25) is 5.91 Å². The minimum Gasteiger partial charge on any atom is -0.394 e. The highest BCUT2D eigenvalue weighted by molar-refractivity contribution is 5.76. The molecule has 58 heavy (non-hydrogen) atoms. The van der Waals surface area contributed by atoms with Gasteiger partial charge in [0, 0.05) is 6.42 Å². The van der Waals surface area contributed by atoms with Crippen molar-refractivity contribution in [1.82, 2.24) is 5.32 Å². The molecule has 0 saturated heterocycles. The highest BCUT2D eigenvalue weighted by Gasteiger charge is 2.26. The van der Waals surface area contributed by atoms with Gasteiger partial charge in [-0.05, 0) is 64.2 Å². The Kier molecular flexibility index (Phi) is 47.0. The Hall–Kier alpha value is -1.43. The third kappa shape index (κ3) is 42.7. The maximum absolute atomic E-state index is 12.5. The molecule has 0 aromatic rings. The molecule has 0 rings (SSSR count). The van der Waals surface area contributed by atoms with Gasteiger partial charge in [-0.2, -0.15) is 0 Å². The fourth-order valence-electron chi connectivity index (χ4n) is 8.03. The summed E-state index contributed by atoms with van der Waals surface area (Å²) >= 11 is 0. The first-order valence-corrected chi connectivity index (χ1v) is 25.8. The van der Waals surface area contributed by atoms with E-state index in [4.69, 9.17) is 0 Å². The molecule has 0 spiro atoms. The fourth-order valence-corrected chi connectivity index (χ4v) is 8.03. The first kappa shape index (κ1) is 56.6. The summed E-state index contributed by atoms with van der Waals surface area (Å²) in [6, 6.07) is -0.826. The van der Waals surface area contributed by atoms with Crippen molar-refractivity contribution in [2.75, 3.05) is 6.61 Å². The summed E-state index contributed by atoms with van der Waals surface area (Å²) in [5.74, 6) is -0.153. The second-order valence-corrected chi connectivity index (χ2v) is 17.7. The number of hydrogen-bond donors (Lipinski definition) is 4. The number of aliphatic hydroxyl groups excluding tert-OH is 3. The summed E-state index contributed by atoms with van der Waals surface area (Å²) in [4.78, 5) is 12.5. The highest BCUT2D eigenvalue weighted by atomic mass is 16.3. The van der Waals surface area contributed by atoms with Crippen LogP contribution in [0.1, 0.15) is 271 Å². The standard InChI is InChI=1S/C53H101NO4/c1-3-5-7-9-11-13-15-17-19-21-23-25-26-28-29-31-33-35-37-39-41-43-45-47-51(56)53(58)50(49-55)54-52(57)48-46-44-42-40-38-36-34-32-30-27-24-22-20-18-16-14-12-10-8-6-4-2/h6,8,12,14,39,41,50-51,53,55-56,58H,3-5,7,9-11,13,15-38,40,42-49H2,1-2H3,(H,54,57)/b8-6-,14-12-,41-39+. The number of carbonyl (C=O) groups is 1. The van der Waals surface area contributed by atoms with Crippen molar-refractivity contribution < 1.29 is 20.1 Å². The van der Waals surface area contributed by atoms with Crippen molar-refractivity contribution in [3.8, 4) is 0 Å². The minimum absolute atomic E-state index is 0.153. The number of aliphatic hydroxyl groups is 3. The van der Waals surface area contributed by atoms with E-state index in [1.807, 2.05) is 0 Å². The molecule has 0 fully saturated rings. The summed E-state index contributed by atoms with van der Waals surface area (Å²) in [6.07, 6.45) is 61.4. The lowest BCUT2D eigenvalue weighted by Crippen LogP contribution is -2.50. The maximum atomic E-state index is 12.5. The van der Waals surface area contributed by atoms with Gasteiger partial charge in [-0.3, -0.25) is 4.79 Å². The third-order valence-corrected chi connectivity index (χ3v) is 12.0.